The predicted octanol–water partition coefficient (Wildman–Crippen LogP) is 4.63. The van der Waals surface area contributed by atoms with Gasteiger partial charge in [0.2, 0.25) is 5.90 Å². The number of carbonyl (C=O) groups is 1. The number of halogens is 2. The Bertz CT molecular complexity index is 1150. The van der Waals surface area contributed by atoms with Gasteiger partial charge >= 0.3 is 5.97 Å². The van der Waals surface area contributed by atoms with Crippen molar-refractivity contribution < 1.29 is 13.9 Å². The summed E-state index contributed by atoms with van der Waals surface area (Å²) in [5.74, 6) is -1.26. The molecular formula is C21H15ClFN3O2. The van der Waals surface area contributed by atoms with E-state index in [1.54, 1.807) is 23.7 Å². The van der Waals surface area contributed by atoms with Crippen LogP contribution in [0.1, 0.15) is 22.4 Å². The fourth-order valence-corrected chi connectivity index (χ4v) is 3.15. The van der Waals surface area contributed by atoms with Gasteiger partial charge in [-0.25, -0.2) is 18.9 Å². The van der Waals surface area contributed by atoms with Crippen LogP contribution in [0.4, 0.5) is 4.39 Å². The van der Waals surface area contributed by atoms with Crippen molar-refractivity contribution in [3.8, 4) is 5.69 Å². The maximum Gasteiger partial charge on any atom is 0.363 e. The Kier molecular flexibility index (Phi) is 4.57. The fraction of sp³-hybridized carbons (Fsp3) is 0.0952. The summed E-state index contributed by atoms with van der Waals surface area (Å²) in [5, 5.41) is 4.79. The number of nitrogens with zero attached hydrogens (tertiary/aromatic N) is 3. The first-order valence-electron chi connectivity index (χ1n) is 8.53. The normalized spacial score (nSPS) is 15.1. The van der Waals surface area contributed by atoms with Gasteiger partial charge in [-0.1, -0.05) is 41.4 Å². The van der Waals surface area contributed by atoms with Gasteiger partial charge in [-0.3, -0.25) is 0 Å². The second-order valence-corrected chi connectivity index (χ2v) is 6.71. The number of carbonyl (C=O) groups excluding carboxylic acids is 1. The molecule has 28 heavy (non-hydrogen) atoms. The summed E-state index contributed by atoms with van der Waals surface area (Å²) in [6.07, 6.45) is 1.51. The highest BCUT2D eigenvalue weighted by Crippen LogP contribution is 2.28. The number of aromatic nitrogens is 2. The molecule has 0 unspecified atom stereocenters. The molecule has 5 nitrogen and oxygen atoms in total. The molecule has 3 aromatic rings. The maximum atomic E-state index is 13.9. The van der Waals surface area contributed by atoms with Crippen LogP contribution in [0.5, 0.6) is 0 Å². The van der Waals surface area contributed by atoms with Crippen molar-refractivity contribution >= 4 is 29.5 Å². The highest BCUT2D eigenvalue weighted by Gasteiger charge is 2.27. The number of aliphatic imine (C=N–C) groups is 1. The molecular weight excluding hydrogens is 381 g/mol. The first kappa shape index (κ1) is 18.1. The van der Waals surface area contributed by atoms with Gasteiger partial charge in [0, 0.05) is 5.56 Å². The van der Waals surface area contributed by atoms with Gasteiger partial charge < -0.3 is 4.74 Å². The molecule has 1 aliphatic rings. The molecule has 0 atom stereocenters. The summed E-state index contributed by atoms with van der Waals surface area (Å²) in [4.78, 5) is 16.4. The molecule has 4 rings (SSSR count). The van der Waals surface area contributed by atoms with Crippen LogP contribution in [-0.4, -0.2) is 21.6 Å². The topological polar surface area (TPSA) is 56.5 Å². The van der Waals surface area contributed by atoms with E-state index in [-0.39, 0.29) is 17.2 Å². The van der Waals surface area contributed by atoms with Gasteiger partial charge in [-0.05, 0) is 44.2 Å². The first-order valence-corrected chi connectivity index (χ1v) is 8.91. The van der Waals surface area contributed by atoms with Crippen molar-refractivity contribution in [2.45, 2.75) is 13.8 Å². The van der Waals surface area contributed by atoms with Crippen molar-refractivity contribution in [3.05, 3.63) is 87.6 Å². The van der Waals surface area contributed by atoms with Crippen LogP contribution >= 0.6 is 11.6 Å². The summed E-state index contributed by atoms with van der Waals surface area (Å²) in [5.41, 5.74) is 3.25. The van der Waals surface area contributed by atoms with Crippen LogP contribution in [0.2, 0.25) is 5.15 Å². The molecule has 2 heterocycles. The minimum Gasteiger partial charge on any atom is -0.402 e. The molecule has 7 heteroatoms. The van der Waals surface area contributed by atoms with Crippen LogP contribution in [0.25, 0.3) is 11.8 Å². The summed E-state index contributed by atoms with van der Waals surface area (Å²) >= 11 is 6.50. The van der Waals surface area contributed by atoms with E-state index in [0.717, 1.165) is 11.3 Å². The van der Waals surface area contributed by atoms with E-state index in [1.165, 1.54) is 18.2 Å². The molecule has 2 aromatic carbocycles. The number of benzene rings is 2. The maximum absolute atomic E-state index is 13.9. The highest BCUT2D eigenvalue weighted by atomic mass is 35.5. The number of hydrogen-bond acceptors (Lipinski definition) is 4. The minimum atomic E-state index is -0.670. The molecule has 0 fully saturated rings. The summed E-state index contributed by atoms with van der Waals surface area (Å²) in [6, 6.07) is 13.7. The zero-order valence-corrected chi connectivity index (χ0v) is 15.9. The smallest absolute Gasteiger partial charge is 0.363 e. The SMILES string of the molecule is Cc1ccc(-n2nc(C)c(/C=C3\N=C(c4ccccc4F)OC3=O)c2Cl)cc1. The predicted molar refractivity (Wildman–Crippen MR) is 105 cm³/mol. The molecule has 0 spiro atoms. The third-order valence-corrected chi connectivity index (χ3v) is 4.70. The largest absolute Gasteiger partial charge is 0.402 e. The standard InChI is InChI=1S/C21H15ClFN3O2/c1-12-7-9-14(10-8-12)26-19(22)16(13(2)25-26)11-18-21(27)28-20(24-18)15-5-3-4-6-17(15)23/h3-11H,1-2H3/b18-11-. The van der Waals surface area contributed by atoms with Gasteiger partial charge in [-0.15, -0.1) is 0 Å². The average molecular weight is 396 g/mol. The number of hydrogen-bond donors (Lipinski definition) is 0. The van der Waals surface area contributed by atoms with Crippen LogP contribution in [0.15, 0.2) is 59.2 Å². The number of esters is 1. The molecule has 140 valence electrons. The Morgan fingerprint density at radius 2 is 1.82 bits per heavy atom. The van der Waals surface area contributed by atoms with E-state index in [4.69, 9.17) is 16.3 Å². The quantitative estimate of drug-likeness (QED) is 0.480. The van der Waals surface area contributed by atoms with Gasteiger partial charge in [0.15, 0.2) is 5.70 Å². The van der Waals surface area contributed by atoms with Gasteiger partial charge in [0.05, 0.1) is 16.9 Å². The molecule has 1 aromatic heterocycles. The molecule has 0 saturated heterocycles. The number of cyclic esters (lactones) is 1. The van der Waals surface area contributed by atoms with Crippen LogP contribution < -0.4 is 0 Å². The molecule has 0 radical (unpaired) electrons. The first-order chi connectivity index (χ1) is 13.4. The second kappa shape index (κ2) is 7.05. The van der Waals surface area contributed by atoms with Crippen LogP contribution in [-0.2, 0) is 9.53 Å². The van der Waals surface area contributed by atoms with E-state index in [9.17, 15) is 9.18 Å². The summed E-state index contributed by atoms with van der Waals surface area (Å²) < 4.78 is 20.7. The van der Waals surface area contributed by atoms with E-state index < -0.39 is 11.8 Å². The van der Waals surface area contributed by atoms with E-state index in [2.05, 4.69) is 10.1 Å². The van der Waals surface area contributed by atoms with E-state index >= 15 is 0 Å². The van der Waals surface area contributed by atoms with Gasteiger partial charge in [0.25, 0.3) is 0 Å². The Morgan fingerprint density at radius 3 is 2.54 bits per heavy atom. The fourth-order valence-electron chi connectivity index (χ4n) is 2.83. The van der Waals surface area contributed by atoms with Crippen molar-refractivity contribution in [1.82, 2.24) is 9.78 Å². The Labute approximate surface area is 165 Å². The van der Waals surface area contributed by atoms with Gasteiger partial charge in [0.1, 0.15) is 11.0 Å². The minimum absolute atomic E-state index is 0.0340. The van der Waals surface area contributed by atoms with E-state index in [1.807, 2.05) is 31.2 Å². The van der Waals surface area contributed by atoms with E-state index in [0.29, 0.717) is 16.4 Å². The molecule has 0 amide bonds. The van der Waals surface area contributed by atoms with Crippen molar-refractivity contribution in [1.29, 1.82) is 0 Å². The molecule has 0 aliphatic carbocycles. The lowest BCUT2D eigenvalue weighted by atomic mass is 10.2. The van der Waals surface area contributed by atoms with Crippen molar-refractivity contribution in [3.63, 3.8) is 0 Å². The lowest BCUT2D eigenvalue weighted by Gasteiger charge is -2.03. The number of aryl methyl sites for hydroxylation is 2. The Hall–Kier alpha value is -3.25. The summed E-state index contributed by atoms with van der Waals surface area (Å²) in [7, 11) is 0. The Morgan fingerprint density at radius 1 is 1.11 bits per heavy atom. The molecule has 1 aliphatic heterocycles. The Balaban J connectivity index is 1.74. The number of rotatable bonds is 3. The molecule has 0 bridgehead atoms. The highest BCUT2D eigenvalue weighted by molar-refractivity contribution is 6.31. The van der Waals surface area contributed by atoms with Gasteiger partial charge in [-0.2, -0.15) is 5.10 Å². The lowest BCUT2D eigenvalue weighted by molar-refractivity contribution is -0.129. The van der Waals surface area contributed by atoms with Crippen LogP contribution in [0.3, 0.4) is 0 Å². The average Bonchev–Trinajstić information content (AvgIpc) is 3.17. The second-order valence-electron chi connectivity index (χ2n) is 6.35. The molecule has 0 N–H and O–H groups in total. The number of ether oxygens (including phenoxy) is 1. The third-order valence-electron chi connectivity index (χ3n) is 4.33. The van der Waals surface area contributed by atoms with Crippen LogP contribution in [0, 0.1) is 19.7 Å². The lowest BCUT2D eigenvalue weighted by Crippen LogP contribution is -2.07. The monoisotopic (exact) mass is 395 g/mol. The third kappa shape index (κ3) is 3.23. The molecule has 0 saturated carbocycles. The van der Waals surface area contributed by atoms with Crippen molar-refractivity contribution in [2.24, 2.45) is 4.99 Å². The summed E-state index contributed by atoms with van der Waals surface area (Å²) in [6.45, 7) is 3.77. The zero-order chi connectivity index (χ0) is 19.8. The zero-order valence-electron chi connectivity index (χ0n) is 15.1. The van der Waals surface area contributed by atoms with Crippen molar-refractivity contribution in [2.75, 3.05) is 0 Å².